The molecule has 0 saturated heterocycles. The van der Waals surface area contributed by atoms with Crippen molar-refractivity contribution < 1.29 is 4.79 Å². The monoisotopic (exact) mass is 403 g/mol. The zero-order valence-corrected chi connectivity index (χ0v) is 18.4. The highest BCUT2D eigenvalue weighted by atomic mass is 16.1. The Hall–Kier alpha value is -2.35. The van der Waals surface area contributed by atoms with Crippen LogP contribution in [0.1, 0.15) is 74.5 Å². The highest BCUT2D eigenvalue weighted by molar-refractivity contribution is 5.91. The molecule has 0 amide bonds. The lowest BCUT2D eigenvalue weighted by atomic mass is 9.92. The number of allylic oxidation sites excluding steroid dienone is 1. The van der Waals surface area contributed by atoms with Crippen LogP contribution in [0.5, 0.6) is 0 Å². The molecule has 0 aliphatic heterocycles. The zero-order chi connectivity index (χ0) is 21.2. The Morgan fingerprint density at radius 1 is 0.733 bits per heavy atom. The first-order valence-electron chi connectivity index (χ1n) is 11.7. The zero-order valence-electron chi connectivity index (χ0n) is 18.4. The molecule has 1 fully saturated rings. The minimum atomic E-state index is -0.416. The number of hydrogen-bond acceptors (Lipinski definition) is 2. The molecule has 1 aliphatic rings. The Morgan fingerprint density at radius 3 is 1.70 bits per heavy atom. The third kappa shape index (κ3) is 6.58. The molecule has 0 aromatic heterocycles. The van der Waals surface area contributed by atoms with Crippen LogP contribution >= 0.6 is 0 Å². The van der Waals surface area contributed by atoms with Crippen molar-refractivity contribution in [1.29, 1.82) is 0 Å². The second kappa shape index (κ2) is 11.2. The molecule has 3 rings (SSSR count). The van der Waals surface area contributed by atoms with Gasteiger partial charge in [-0.3, -0.25) is 4.79 Å². The number of carbonyl (C=O) groups excluding carboxylic acids is 1. The maximum Gasteiger partial charge on any atom is 0.149 e. The van der Waals surface area contributed by atoms with E-state index < -0.39 is 5.41 Å². The van der Waals surface area contributed by atoms with E-state index in [2.05, 4.69) is 61.2 Å². The van der Waals surface area contributed by atoms with Gasteiger partial charge in [0.1, 0.15) is 5.78 Å². The highest BCUT2D eigenvalue weighted by Crippen LogP contribution is 2.50. The van der Waals surface area contributed by atoms with Crippen molar-refractivity contribution in [3.05, 3.63) is 83.6 Å². The van der Waals surface area contributed by atoms with E-state index in [1.54, 1.807) is 0 Å². The van der Waals surface area contributed by atoms with E-state index in [-0.39, 0.29) is 5.78 Å². The number of benzene rings is 2. The number of rotatable bonds is 14. The van der Waals surface area contributed by atoms with Gasteiger partial charge in [-0.25, -0.2) is 0 Å². The number of carbonyl (C=O) groups is 1. The summed E-state index contributed by atoms with van der Waals surface area (Å²) in [6, 6.07) is 19.4. The molecule has 0 heterocycles. The van der Waals surface area contributed by atoms with E-state index in [9.17, 15) is 4.79 Å². The summed E-state index contributed by atoms with van der Waals surface area (Å²) in [6.45, 7) is 3.81. The van der Waals surface area contributed by atoms with Crippen molar-refractivity contribution in [3.63, 3.8) is 0 Å². The molecule has 0 atom stereocenters. The van der Waals surface area contributed by atoms with Gasteiger partial charge in [-0.2, -0.15) is 0 Å². The minimum Gasteiger partial charge on any atom is -0.402 e. The summed E-state index contributed by atoms with van der Waals surface area (Å²) in [5, 5.41) is 0. The first kappa shape index (κ1) is 22.3. The molecule has 2 heteroatoms. The van der Waals surface area contributed by atoms with Crippen molar-refractivity contribution in [3.8, 4) is 0 Å². The molecular formula is C28H37NO. The SMILES string of the molecule is C=C(N)C1(C(=O)Cc2ccc(CCCCCCCCCc3ccccc3)cc2)CC1. The van der Waals surface area contributed by atoms with Gasteiger partial charge in [0, 0.05) is 12.1 Å². The van der Waals surface area contributed by atoms with Crippen molar-refractivity contribution >= 4 is 5.78 Å². The lowest BCUT2D eigenvalue weighted by molar-refractivity contribution is -0.122. The molecule has 2 nitrogen and oxygen atoms in total. The summed E-state index contributed by atoms with van der Waals surface area (Å²) in [5.74, 6) is 0.228. The van der Waals surface area contributed by atoms with Gasteiger partial charge in [0.05, 0.1) is 5.41 Å². The second-order valence-electron chi connectivity index (χ2n) is 8.98. The first-order chi connectivity index (χ1) is 14.6. The van der Waals surface area contributed by atoms with Gasteiger partial charge in [-0.05, 0) is 55.2 Å². The standard InChI is InChI=1S/C28H37NO/c1-23(29)28(20-21-28)27(30)22-26-18-16-25(17-19-26)15-9-6-4-2-3-5-8-12-24-13-10-7-11-14-24/h7,10-11,13-14,16-19H,1-6,8-9,12,15,20-22,29H2. The van der Waals surface area contributed by atoms with E-state index in [0.717, 1.165) is 24.8 Å². The van der Waals surface area contributed by atoms with Crippen molar-refractivity contribution in [2.75, 3.05) is 0 Å². The third-order valence-corrected chi connectivity index (χ3v) is 6.56. The quantitative estimate of drug-likeness (QED) is 0.363. The topological polar surface area (TPSA) is 43.1 Å². The Balaban J connectivity index is 1.23. The summed E-state index contributed by atoms with van der Waals surface area (Å²) in [7, 11) is 0. The fourth-order valence-electron chi connectivity index (χ4n) is 4.27. The Labute approximate surface area is 182 Å². The van der Waals surface area contributed by atoms with E-state index >= 15 is 0 Å². The van der Waals surface area contributed by atoms with E-state index in [1.165, 1.54) is 62.5 Å². The fourth-order valence-corrected chi connectivity index (χ4v) is 4.27. The summed E-state index contributed by atoms with van der Waals surface area (Å²) >= 11 is 0. The maximum atomic E-state index is 12.5. The summed E-state index contributed by atoms with van der Waals surface area (Å²) in [4.78, 5) is 12.5. The molecule has 0 bridgehead atoms. The Bertz CT molecular complexity index is 802. The molecule has 1 saturated carbocycles. The molecule has 0 unspecified atom stereocenters. The van der Waals surface area contributed by atoms with Crippen LogP contribution in [0.3, 0.4) is 0 Å². The fraction of sp³-hybridized carbons (Fsp3) is 0.464. The van der Waals surface area contributed by atoms with Gasteiger partial charge in [0.25, 0.3) is 0 Å². The van der Waals surface area contributed by atoms with Crippen LogP contribution in [0.4, 0.5) is 0 Å². The molecule has 0 radical (unpaired) electrons. The minimum absolute atomic E-state index is 0.228. The Kier molecular flexibility index (Phi) is 8.30. The van der Waals surface area contributed by atoms with Gasteiger partial charge in [0.2, 0.25) is 0 Å². The molecule has 160 valence electrons. The lowest BCUT2D eigenvalue weighted by Crippen LogP contribution is -2.24. The first-order valence-corrected chi connectivity index (χ1v) is 11.7. The molecule has 0 spiro atoms. The van der Waals surface area contributed by atoms with Crippen LogP contribution in [0.2, 0.25) is 0 Å². The molecule has 2 aromatic carbocycles. The number of unbranched alkanes of at least 4 members (excludes halogenated alkanes) is 6. The van der Waals surface area contributed by atoms with Gasteiger partial charge in [-0.1, -0.05) is 93.3 Å². The van der Waals surface area contributed by atoms with E-state index in [4.69, 9.17) is 5.73 Å². The average molecular weight is 404 g/mol. The molecule has 30 heavy (non-hydrogen) atoms. The molecule has 2 aromatic rings. The maximum absolute atomic E-state index is 12.5. The number of nitrogens with two attached hydrogens (primary N) is 1. The molecule has 1 aliphatic carbocycles. The van der Waals surface area contributed by atoms with Crippen LogP contribution < -0.4 is 5.73 Å². The average Bonchev–Trinajstić information content (AvgIpc) is 3.57. The number of Topliss-reactive ketones (excluding diaryl/α,β-unsaturated/α-hetero) is 1. The third-order valence-electron chi connectivity index (χ3n) is 6.56. The van der Waals surface area contributed by atoms with E-state index in [0.29, 0.717) is 12.1 Å². The summed E-state index contributed by atoms with van der Waals surface area (Å²) in [6.07, 6.45) is 13.8. The van der Waals surface area contributed by atoms with Crippen LogP contribution in [-0.4, -0.2) is 5.78 Å². The highest BCUT2D eigenvalue weighted by Gasteiger charge is 2.50. The van der Waals surface area contributed by atoms with Gasteiger partial charge < -0.3 is 5.73 Å². The van der Waals surface area contributed by atoms with Crippen molar-refractivity contribution in [2.45, 2.75) is 77.0 Å². The smallest absolute Gasteiger partial charge is 0.149 e. The lowest BCUT2D eigenvalue weighted by Gasteiger charge is -2.13. The van der Waals surface area contributed by atoms with Gasteiger partial charge in [-0.15, -0.1) is 0 Å². The van der Waals surface area contributed by atoms with Crippen LogP contribution in [0.15, 0.2) is 66.9 Å². The molecule has 2 N–H and O–H groups in total. The van der Waals surface area contributed by atoms with E-state index in [1.807, 2.05) is 0 Å². The summed E-state index contributed by atoms with van der Waals surface area (Å²) in [5.41, 5.74) is 9.88. The van der Waals surface area contributed by atoms with Crippen LogP contribution in [0.25, 0.3) is 0 Å². The van der Waals surface area contributed by atoms with Crippen LogP contribution in [0, 0.1) is 5.41 Å². The normalized spacial score (nSPS) is 14.4. The predicted octanol–water partition coefficient (Wildman–Crippen LogP) is 6.57. The van der Waals surface area contributed by atoms with Crippen molar-refractivity contribution in [2.24, 2.45) is 11.1 Å². The number of aryl methyl sites for hydroxylation is 2. The van der Waals surface area contributed by atoms with Gasteiger partial charge >= 0.3 is 0 Å². The largest absolute Gasteiger partial charge is 0.402 e. The molecular weight excluding hydrogens is 366 g/mol. The Morgan fingerprint density at radius 2 is 1.20 bits per heavy atom. The summed E-state index contributed by atoms with van der Waals surface area (Å²) < 4.78 is 0. The number of hydrogen-bond donors (Lipinski definition) is 1. The van der Waals surface area contributed by atoms with Crippen molar-refractivity contribution in [1.82, 2.24) is 0 Å². The predicted molar refractivity (Wildman–Crippen MR) is 126 cm³/mol. The van der Waals surface area contributed by atoms with Gasteiger partial charge in [0.15, 0.2) is 0 Å². The number of ketones is 1. The van der Waals surface area contributed by atoms with Crippen LogP contribution in [-0.2, 0) is 24.1 Å². The second-order valence-corrected chi connectivity index (χ2v) is 8.98.